The predicted octanol–water partition coefficient (Wildman–Crippen LogP) is 2.02. The highest BCUT2D eigenvalue weighted by molar-refractivity contribution is 4.75. The van der Waals surface area contributed by atoms with Crippen LogP contribution in [0.2, 0.25) is 0 Å². The van der Waals surface area contributed by atoms with E-state index in [1.54, 1.807) is 20.8 Å². The first-order valence-electron chi connectivity index (χ1n) is 3.35. The molecule has 0 aliphatic carbocycles. The molecule has 0 aromatic carbocycles. The highest BCUT2D eigenvalue weighted by Crippen LogP contribution is 2.30. The summed E-state index contributed by atoms with van der Waals surface area (Å²) in [5.41, 5.74) is 4.52. The molecule has 0 rings (SSSR count). The van der Waals surface area contributed by atoms with E-state index in [1.165, 1.54) is 0 Å². The highest BCUT2D eigenvalue weighted by atomic mass is 19.3. The van der Waals surface area contributed by atoms with Gasteiger partial charge < -0.3 is 5.73 Å². The summed E-state index contributed by atoms with van der Waals surface area (Å²) in [6.07, 6.45) is -0.142. The Labute approximate surface area is 60.6 Å². The van der Waals surface area contributed by atoms with Crippen molar-refractivity contribution in [2.75, 3.05) is 6.54 Å². The van der Waals surface area contributed by atoms with Crippen molar-refractivity contribution in [1.29, 1.82) is 0 Å². The van der Waals surface area contributed by atoms with Crippen molar-refractivity contribution < 1.29 is 8.78 Å². The first-order chi connectivity index (χ1) is 4.27. The monoisotopic (exact) mass is 151 g/mol. The van der Waals surface area contributed by atoms with E-state index in [2.05, 4.69) is 0 Å². The van der Waals surface area contributed by atoms with Crippen LogP contribution in [0.25, 0.3) is 0 Å². The van der Waals surface area contributed by atoms with Crippen LogP contribution in [0.4, 0.5) is 8.78 Å². The van der Waals surface area contributed by atoms with E-state index in [1.807, 2.05) is 0 Å². The molecule has 0 aliphatic rings. The van der Waals surface area contributed by atoms with Gasteiger partial charge in [0, 0.05) is 6.42 Å². The summed E-state index contributed by atoms with van der Waals surface area (Å²) in [6, 6.07) is 0. The summed E-state index contributed by atoms with van der Waals surface area (Å²) in [5.74, 6) is -2.70. The lowest BCUT2D eigenvalue weighted by molar-refractivity contribution is -0.0264. The molecule has 0 aromatic heterocycles. The number of rotatable bonds is 2. The van der Waals surface area contributed by atoms with Crippen molar-refractivity contribution in [2.24, 2.45) is 11.1 Å². The van der Waals surface area contributed by atoms with Gasteiger partial charge in [0.25, 0.3) is 5.92 Å². The lowest BCUT2D eigenvalue weighted by atomic mass is 9.89. The minimum absolute atomic E-state index is 0.142. The molecular weight excluding hydrogens is 136 g/mol. The standard InChI is InChI=1S/C7H15F2N/c1-6(2,3)4-7(8,9)5-10/h4-5,10H2,1-3H3. The van der Waals surface area contributed by atoms with E-state index < -0.39 is 12.5 Å². The van der Waals surface area contributed by atoms with Gasteiger partial charge in [-0.3, -0.25) is 0 Å². The lowest BCUT2D eigenvalue weighted by Crippen LogP contribution is -2.32. The van der Waals surface area contributed by atoms with E-state index in [0.29, 0.717) is 0 Å². The summed E-state index contributed by atoms with van der Waals surface area (Å²) < 4.78 is 25.0. The molecular formula is C7H15F2N. The van der Waals surface area contributed by atoms with Crippen LogP contribution < -0.4 is 5.73 Å². The quantitative estimate of drug-likeness (QED) is 0.642. The second kappa shape index (κ2) is 2.82. The molecule has 0 unspecified atom stereocenters. The largest absolute Gasteiger partial charge is 0.325 e. The zero-order chi connectivity index (χ0) is 8.41. The van der Waals surface area contributed by atoms with Gasteiger partial charge in [0.2, 0.25) is 0 Å². The molecule has 10 heavy (non-hydrogen) atoms. The molecule has 1 nitrogen and oxygen atoms in total. The zero-order valence-electron chi connectivity index (χ0n) is 6.75. The molecule has 3 heteroatoms. The Bertz CT molecular complexity index is 105. The van der Waals surface area contributed by atoms with Gasteiger partial charge in [-0.15, -0.1) is 0 Å². The minimum Gasteiger partial charge on any atom is -0.325 e. The second-order valence-corrected chi connectivity index (χ2v) is 3.80. The van der Waals surface area contributed by atoms with E-state index in [4.69, 9.17) is 5.73 Å². The van der Waals surface area contributed by atoms with Crippen LogP contribution in [0.15, 0.2) is 0 Å². The van der Waals surface area contributed by atoms with Crippen molar-refractivity contribution >= 4 is 0 Å². The molecule has 62 valence electrons. The van der Waals surface area contributed by atoms with Crippen molar-refractivity contribution in [3.05, 3.63) is 0 Å². The smallest absolute Gasteiger partial charge is 0.260 e. The van der Waals surface area contributed by atoms with Gasteiger partial charge in [0.15, 0.2) is 0 Å². The Hall–Kier alpha value is -0.180. The Morgan fingerprint density at radius 1 is 1.20 bits per heavy atom. The third-order valence-electron chi connectivity index (χ3n) is 1.09. The van der Waals surface area contributed by atoms with Crippen molar-refractivity contribution in [1.82, 2.24) is 0 Å². The maximum Gasteiger partial charge on any atom is 0.260 e. The van der Waals surface area contributed by atoms with Crippen LogP contribution in [-0.4, -0.2) is 12.5 Å². The molecule has 0 atom stereocenters. The molecule has 2 N–H and O–H groups in total. The van der Waals surface area contributed by atoms with Gasteiger partial charge in [0.1, 0.15) is 0 Å². The van der Waals surface area contributed by atoms with Crippen molar-refractivity contribution in [3.8, 4) is 0 Å². The van der Waals surface area contributed by atoms with Crippen LogP contribution in [-0.2, 0) is 0 Å². The normalized spacial score (nSPS) is 13.8. The Kier molecular flexibility index (Phi) is 2.77. The second-order valence-electron chi connectivity index (χ2n) is 3.80. The maximum atomic E-state index is 12.5. The predicted molar refractivity (Wildman–Crippen MR) is 38.1 cm³/mol. The average Bonchev–Trinajstić information content (AvgIpc) is 1.60. The number of hydrogen-bond donors (Lipinski definition) is 1. The SMILES string of the molecule is CC(C)(C)CC(F)(F)CN. The fourth-order valence-corrected chi connectivity index (χ4v) is 0.848. The van der Waals surface area contributed by atoms with Crippen LogP contribution in [0.5, 0.6) is 0 Å². The third kappa shape index (κ3) is 4.68. The average molecular weight is 151 g/mol. The zero-order valence-corrected chi connectivity index (χ0v) is 6.75. The summed E-state index contributed by atoms with van der Waals surface area (Å²) >= 11 is 0. The van der Waals surface area contributed by atoms with Gasteiger partial charge >= 0.3 is 0 Å². The van der Waals surface area contributed by atoms with Crippen LogP contribution in [0.3, 0.4) is 0 Å². The summed E-state index contributed by atoms with van der Waals surface area (Å²) in [7, 11) is 0. The summed E-state index contributed by atoms with van der Waals surface area (Å²) in [6.45, 7) is 4.77. The first-order valence-corrected chi connectivity index (χ1v) is 3.35. The number of halogens is 2. The van der Waals surface area contributed by atoms with Gasteiger partial charge in [-0.1, -0.05) is 20.8 Å². The van der Waals surface area contributed by atoms with E-state index in [0.717, 1.165) is 0 Å². The molecule has 0 saturated heterocycles. The molecule has 0 fully saturated rings. The fourth-order valence-electron chi connectivity index (χ4n) is 0.848. The first kappa shape index (κ1) is 9.82. The van der Waals surface area contributed by atoms with Gasteiger partial charge in [0.05, 0.1) is 6.54 Å². The van der Waals surface area contributed by atoms with Gasteiger partial charge in [-0.05, 0) is 5.41 Å². The van der Waals surface area contributed by atoms with Crippen molar-refractivity contribution in [2.45, 2.75) is 33.1 Å². The van der Waals surface area contributed by atoms with E-state index in [-0.39, 0.29) is 11.8 Å². The molecule has 0 radical (unpaired) electrons. The summed E-state index contributed by atoms with van der Waals surface area (Å²) in [4.78, 5) is 0. The highest BCUT2D eigenvalue weighted by Gasteiger charge is 2.32. The van der Waals surface area contributed by atoms with Crippen LogP contribution in [0, 0.1) is 5.41 Å². The van der Waals surface area contributed by atoms with E-state index >= 15 is 0 Å². The molecule has 0 aromatic rings. The molecule has 0 bridgehead atoms. The Balaban J connectivity index is 3.89. The topological polar surface area (TPSA) is 26.0 Å². The molecule has 0 heterocycles. The molecule has 0 amide bonds. The van der Waals surface area contributed by atoms with E-state index in [9.17, 15) is 8.78 Å². The van der Waals surface area contributed by atoms with Crippen LogP contribution in [0.1, 0.15) is 27.2 Å². The molecule has 0 saturated carbocycles. The minimum atomic E-state index is -2.70. The maximum absolute atomic E-state index is 12.5. The summed E-state index contributed by atoms with van der Waals surface area (Å²) in [5, 5.41) is 0. The lowest BCUT2D eigenvalue weighted by Gasteiger charge is -2.24. The van der Waals surface area contributed by atoms with Gasteiger partial charge in [-0.25, -0.2) is 8.78 Å². The number of nitrogens with two attached hydrogens (primary N) is 1. The number of hydrogen-bond acceptors (Lipinski definition) is 1. The van der Waals surface area contributed by atoms with Gasteiger partial charge in [-0.2, -0.15) is 0 Å². The fraction of sp³-hybridized carbons (Fsp3) is 1.00. The Morgan fingerprint density at radius 2 is 1.60 bits per heavy atom. The third-order valence-corrected chi connectivity index (χ3v) is 1.09. The Morgan fingerprint density at radius 3 is 1.70 bits per heavy atom. The molecule has 0 spiro atoms. The van der Waals surface area contributed by atoms with Crippen LogP contribution >= 0.6 is 0 Å². The molecule has 0 aliphatic heterocycles. The van der Waals surface area contributed by atoms with Crippen molar-refractivity contribution in [3.63, 3.8) is 0 Å². The number of alkyl halides is 2.